The van der Waals surface area contributed by atoms with E-state index in [0.717, 1.165) is 10.8 Å². The van der Waals surface area contributed by atoms with Crippen LogP contribution in [-0.2, 0) is 0 Å². The van der Waals surface area contributed by atoms with Gasteiger partial charge in [-0.25, -0.2) is 0 Å². The van der Waals surface area contributed by atoms with Crippen LogP contribution in [0.15, 0.2) is 24.3 Å². The Morgan fingerprint density at radius 3 is 2.29 bits per heavy atom. The molecule has 0 heterocycles. The number of hydrogen-bond acceptors (Lipinski definition) is 1. The Labute approximate surface area is 90.0 Å². The van der Waals surface area contributed by atoms with E-state index >= 15 is 0 Å². The maximum absolute atomic E-state index is 5.85. The Morgan fingerprint density at radius 1 is 1.00 bits per heavy atom. The minimum absolute atomic E-state index is 0.421. The van der Waals surface area contributed by atoms with Crippen molar-refractivity contribution in [2.45, 2.75) is 38.2 Å². The summed E-state index contributed by atoms with van der Waals surface area (Å²) in [5.74, 6) is 0.946. The molecule has 1 aromatic rings. The van der Waals surface area contributed by atoms with E-state index in [1.54, 1.807) is 0 Å². The van der Waals surface area contributed by atoms with Crippen molar-refractivity contribution in [2.75, 3.05) is 0 Å². The molecular formula is C12H15ClO. The van der Waals surface area contributed by atoms with Crippen molar-refractivity contribution in [1.82, 2.24) is 0 Å². The molecule has 0 radical (unpaired) electrons. The third-order valence-electron chi connectivity index (χ3n) is 2.67. The molecule has 76 valence electrons. The van der Waals surface area contributed by atoms with Crippen molar-refractivity contribution in [3.63, 3.8) is 0 Å². The monoisotopic (exact) mass is 210 g/mol. The molecule has 0 saturated heterocycles. The van der Waals surface area contributed by atoms with Crippen molar-refractivity contribution in [1.29, 1.82) is 0 Å². The second kappa shape index (κ2) is 4.70. The fourth-order valence-electron chi connectivity index (χ4n) is 1.89. The zero-order valence-corrected chi connectivity index (χ0v) is 8.96. The summed E-state index contributed by atoms with van der Waals surface area (Å²) >= 11 is 5.80. The van der Waals surface area contributed by atoms with E-state index in [1.165, 1.54) is 32.1 Å². The van der Waals surface area contributed by atoms with Gasteiger partial charge in [0.1, 0.15) is 5.75 Å². The van der Waals surface area contributed by atoms with Crippen LogP contribution in [0.25, 0.3) is 0 Å². The number of ether oxygens (including phenoxy) is 1. The van der Waals surface area contributed by atoms with E-state index in [2.05, 4.69) is 0 Å². The van der Waals surface area contributed by atoms with Crippen molar-refractivity contribution < 1.29 is 4.74 Å². The number of benzene rings is 1. The average Bonchev–Trinajstić information content (AvgIpc) is 2.23. The molecule has 0 bridgehead atoms. The fraction of sp³-hybridized carbons (Fsp3) is 0.500. The van der Waals surface area contributed by atoms with Crippen LogP contribution < -0.4 is 4.74 Å². The highest BCUT2D eigenvalue weighted by Gasteiger charge is 2.14. The summed E-state index contributed by atoms with van der Waals surface area (Å²) in [5, 5.41) is 0.765. The summed E-state index contributed by atoms with van der Waals surface area (Å²) < 4.78 is 5.85. The summed E-state index contributed by atoms with van der Waals surface area (Å²) in [6, 6.07) is 7.63. The van der Waals surface area contributed by atoms with Crippen LogP contribution in [-0.4, -0.2) is 6.10 Å². The Hall–Kier alpha value is -0.690. The lowest BCUT2D eigenvalue weighted by Gasteiger charge is -2.22. The molecule has 0 unspecified atom stereocenters. The van der Waals surface area contributed by atoms with Crippen LogP contribution >= 0.6 is 11.6 Å². The van der Waals surface area contributed by atoms with Gasteiger partial charge in [0.2, 0.25) is 0 Å². The van der Waals surface area contributed by atoms with Crippen molar-refractivity contribution in [2.24, 2.45) is 0 Å². The molecule has 1 saturated carbocycles. The molecule has 0 amide bonds. The highest BCUT2D eigenvalue weighted by molar-refractivity contribution is 6.30. The molecule has 1 fully saturated rings. The number of halogens is 1. The molecule has 1 aliphatic carbocycles. The van der Waals surface area contributed by atoms with Crippen LogP contribution in [0.5, 0.6) is 5.75 Å². The van der Waals surface area contributed by atoms with E-state index in [0.29, 0.717) is 6.10 Å². The van der Waals surface area contributed by atoms with Gasteiger partial charge >= 0.3 is 0 Å². The summed E-state index contributed by atoms with van der Waals surface area (Å²) in [6.07, 6.45) is 6.78. The van der Waals surface area contributed by atoms with Gasteiger partial charge in [-0.15, -0.1) is 0 Å². The average molecular weight is 211 g/mol. The van der Waals surface area contributed by atoms with E-state index < -0.39 is 0 Å². The molecule has 0 atom stereocenters. The topological polar surface area (TPSA) is 9.23 Å². The van der Waals surface area contributed by atoms with Gasteiger partial charge in [-0.1, -0.05) is 18.0 Å². The van der Waals surface area contributed by atoms with Gasteiger partial charge in [0.05, 0.1) is 6.10 Å². The molecule has 1 aliphatic rings. The second-order valence-electron chi connectivity index (χ2n) is 3.83. The highest BCUT2D eigenvalue weighted by atomic mass is 35.5. The minimum Gasteiger partial charge on any atom is -0.490 e. The lowest BCUT2D eigenvalue weighted by Crippen LogP contribution is -2.19. The maximum Gasteiger partial charge on any atom is 0.119 e. The quantitative estimate of drug-likeness (QED) is 0.716. The van der Waals surface area contributed by atoms with Crippen molar-refractivity contribution in [3.05, 3.63) is 29.3 Å². The Bertz CT molecular complexity index is 275. The molecule has 2 rings (SSSR count). The van der Waals surface area contributed by atoms with E-state index in [4.69, 9.17) is 16.3 Å². The first kappa shape index (κ1) is 9.85. The highest BCUT2D eigenvalue weighted by Crippen LogP contribution is 2.24. The van der Waals surface area contributed by atoms with Gasteiger partial charge in [0.25, 0.3) is 0 Å². The molecule has 1 nitrogen and oxygen atoms in total. The van der Waals surface area contributed by atoms with Crippen LogP contribution in [0.2, 0.25) is 5.02 Å². The molecule has 0 aromatic heterocycles. The van der Waals surface area contributed by atoms with E-state index in [-0.39, 0.29) is 0 Å². The first-order chi connectivity index (χ1) is 6.84. The van der Waals surface area contributed by atoms with Crippen molar-refractivity contribution in [3.8, 4) is 5.75 Å². The molecule has 0 spiro atoms. The minimum atomic E-state index is 0.421. The predicted molar refractivity (Wildman–Crippen MR) is 59.0 cm³/mol. The summed E-state index contributed by atoms with van der Waals surface area (Å²) in [5.41, 5.74) is 0. The van der Waals surface area contributed by atoms with Crippen LogP contribution in [0.1, 0.15) is 32.1 Å². The maximum atomic E-state index is 5.85. The van der Waals surface area contributed by atoms with Gasteiger partial charge in [0, 0.05) is 5.02 Å². The smallest absolute Gasteiger partial charge is 0.119 e. The van der Waals surface area contributed by atoms with Gasteiger partial charge in [-0.05, 0) is 49.9 Å². The normalized spacial score (nSPS) is 18.1. The first-order valence-corrected chi connectivity index (χ1v) is 5.64. The van der Waals surface area contributed by atoms with Crippen LogP contribution in [0, 0.1) is 0 Å². The lowest BCUT2D eigenvalue weighted by atomic mass is 9.98. The summed E-state index contributed by atoms with van der Waals surface area (Å²) in [6.45, 7) is 0. The molecule has 0 N–H and O–H groups in total. The zero-order chi connectivity index (χ0) is 9.80. The third kappa shape index (κ3) is 2.65. The Kier molecular flexibility index (Phi) is 3.30. The Balaban J connectivity index is 1.92. The van der Waals surface area contributed by atoms with E-state index in [9.17, 15) is 0 Å². The zero-order valence-electron chi connectivity index (χ0n) is 8.21. The summed E-state index contributed by atoms with van der Waals surface area (Å²) in [7, 11) is 0. The predicted octanol–water partition coefficient (Wildman–Crippen LogP) is 4.05. The third-order valence-corrected chi connectivity index (χ3v) is 2.92. The molecule has 0 aliphatic heterocycles. The largest absolute Gasteiger partial charge is 0.490 e. The standard InChI is InChI=1S/C12H15ClO/c13-10-6-8-12(9-7-10)14-11-4-2-1-3-5-11/h6-9,11H,1-5H2. The van der Waals surface area contributed by atoms with E-state index in [1.807, 2.05) is 24.3 Å². The van der Waals surface area contributed by atoms with Crippen LogP contribution in [0.3, 0.4) is 0 Å². The number of hydrogen-bond donors (Lipinski definition) is 0. The SMILES string of the molecule is Clc1ccc(OC2CCCCC2)cc1. The lowest BCUT2D eigenvalue weighted by molar-refractivity contribution is 0.155. The van der Waals surface area contributed by atoms with Gasteiger partial charge in [0.15, 0.2) is 0 Å². The molecule has 14 heavy (non-hydrogen) atoms. The van der Waals surface area contributed by atoms with Gasteiger partial charge < -0.3 is 4.74 Å². The van der Waals surface area contributed by atoms with Gasteiger partial charge in [-0.3, -0.25) is 0 Å². The first-order valence-electron chi connectivity index (χ1n) is 5.27. The van der Waals surface area contributed by atoms with Gasteiger partial charge in [-0.2, -0.15) is 0 Å². The van der Waals surface area contributed by atoms with Crippen LogP contribution in [0.4, 0.5) is 0 Å². The summed E-state index contributed by atoms with van der Waals surface area (Å²) in [4.78, 5) is 0. The molecule has 1 aromatic carbocycles. The fourth-order valence-corrected chi connectivity index (χ4v) is 2.01. The second-order valence-corrected chi connectivity index (χ2v) is 4.27. The molecule has 2 heteroatoms. The van der Waals surface area contributed by atoms with Crippen molar-refractivity contribution >= 4 is 11.6 Å². The Morgan fingerprint density at radius 2 is 1.64 bits per heavy atom. The number of rotatable bonds is 2. The molecular weight excluding hydrogens is 196 g/mol.